The molecule has 0 bridgehead atoms. The minimum atomic E-state index is -1.00. The van der Waals surface area contributed by atoms with Gasteiger partial charge in [0.15, 0.2) is 5.78 Å². The van der Waals surface area contributed by atoms with E-state index in [2.05, 4.69) is 61.1 Å². The Labute approximate surface area is 397 Å². The predicted octanol–water partition coefficient (Wildman–Crippen LogP) is 6.61. The van der Waals surface area contributed by atoms with Gasteiger partial charge in [-0.25, -0.2) is 9.36 Å². The number of esters is 2. The Bertz CT molecular complexity index is 2560. The highest BCUT2D eigenvalue weighted by Crippen LogP contribution is 2.34. The summed E-state index contributed by atoms with van der Waals surface area (Å²) in [5.74, 6) is 5.97. The normalized spacial score (nSPS) is 11.2. The summed E-state index contributed by atoms with van der Waals surface area (Å²) < 4.78 is 28.1. The van der Waals surface area contributed by atoms with Gasteiger partial charge in [0.25, 0.3) is 0 Å². The van der Waals surface area contributed by atoms with E-state index in [1.807, 2.05) is 52.0 Å². The Morgan fingerprint density at radius 2 is 1.37 bits per heavy atom. The number of benzene rings is 3. The molecule has 68 heavy (non-hydrogen) atoms. The van der Waals surface area contributed by atoms with Crippen LogP contribution >= 0.6 is 0 Å². The zero-order valence-electron chi connectivity index (χ0n) is 40.9. The monoisotopic (exact) mass is 942 g/mol. The minimum Gasteiger partial charge on any atom is -0.466 e. The summed E-state index contributed by atoms with van der Waals surface area (Å²) in [7, 11) is -1.00. The third-order valence-electron chi connectivity index (χ3n) is 9.45. The smallest absolute Gasteiger partial charge is 0.327 e. The number of nitrogen functional groups attached to an aromatic ring is 2. The zero-order chi connectivity index (χ0) is 51.6. The van der Waals surface area contributed by atoms with E-state index >= 15 is 0 Å². The Morgan fingerprint density at radius 1 is 0.838 bits per heavy atom. The van der Waals surface area contributed by atoms with Gasteiger partial charge in [-0.05, 0) is 83.8 Å². The SMILES string of the molecule is CC(C)C#Cc1cc(CO)ccc1N.CC(C)c1nnn2c1-c1cc(CO)ccc1CC(=O)C2.CCOC(=O)CN=[N+]=[N-].CCOC(=O)Cn1nnc(C(C)C)c1-c1cc(CO)ccc1N.[2H]CF. The lowest BCUT2D eigenvalue weighted by molar-refractivity contribution is -0.144. The number of carbonyl (C=O) groups excluding carboxylic acids is 3. The van der Waals surface area contributed by atoms with E-state index < -0.39 is 13.1 Å². The fourth-order valence-electron chi connectivity index (χ4n) is 6.30. The number of azide groups is 1. The van der Waals surface area contributed by atoms with Crippen LogP contribution in [-0.4, -0.2) is 89.9 Å². The number of ketones is 1. The first-order valence-electron chi connectivity index (χ1n) is 22.4. The topological polar surface area (TPSA) is 293 Å². The maximum absolute atomic E-state index is 12.0. The van der Waals surface area contributed by atoms with Crippen LogP contribution in [0.4, 0.5) is 15.8 Å². The Kier molecular flexibility index (Phi) is 23.9. The molecule has 0 atom stereocenters. The molecule has 0 amide bonds. The van der Waals surface area contributed by atoms with Gasteiger partial charge in [-0.3, -0.25) is 18.8 Å². The molecule has 0 saturated heterocycles. The number of Topliss-reactive ketones (excluding diaryl/α,β-unsaturated/α-hetero) is 1. The minimum absolute atomic E-state index is 0.0141. The first-order chi connectivity index (χ1) is 32.9. The number of rotatable bonds is 12. The number of hydrogen-bond acceptors (Lipinski definition) is 15. The number of halogens is 1. The zero-order valence-corrected chi connectivity index (χ0v) is 39.9. The second-order valence-corrected chi connectivity index (χ2v) is 15.7. The van der Waals surface area contributed by atoms with E-state index in [0.29, 0.717) is 48.2 Å². The molecule has 1 aliphatic rings. The highest BCUT2D eigenvalue weighted by atomic mass is 19.1. The molecule has 0 radical (unpaired) electrons. The van der Waals surface area contributed by atoms with Crippen molar-refractivity contribution in [2.24, 2.45) is 11.0 Å². The van der Waals surface area contributed by atoms with E-state index in [0.717, 1.165) is 50.5 Å². The van der Waals surface area contributed by atoms with Crippen LogP contribution in [0.3, 0.4) is 0 Å². The number of aromatic nitrogens is 6. The third kappa shape index (κ3) is 17.2. The average molecular weight is 943 g/mol. The van der Waals surface area contributed by atoms with Crippen LogP contribution in [0.25, 0.3) is 33.0 Å². The van der Waals surface area contributed by atoms with E-state index in [1.165, 1.54) is 4.68 Å². The summed E-state index contributed by atoms with van der Waals surface area (Å²) in [6.45, 7) is 16.2. The van der Waals surface area contributed by atoms with Gasteiger partial charge in [-0.2, -0.15) is 0 Å². The Morgan fingerprint density at radius 3 is 1.93 bits per heavy atom. The molecule has 366 valence electrons. The van der Waals surface area contributed by atoms with E-state index in [4.69, 9.17) is 28.2 Å². The molecule has 0 fully saturated rings. The number of ether oxygens (including phenoxy) is 2. The predicted molar refractivity (Wildman–Crippen MR) is 257 cm³/mol. The molecular weight excluding hydrogens is 878 g/mol. The lowest BCUT2D eigenvalue weighted by Crippen LogP contribution is -2.16. The second-order valence-electron chi connectivity index (χ2n) is 15.7. The van der Waals surface area contributed by atoms with Gasteiger partial charge < -0.3 is 36.3 Å². The first-order valence-corrected chi connectivity index (χ1v) is 21.7. The maximum atomic E-state index is 12.0. The molecule has 3 aromatic carbocycles. The fourth-order valence-corrected chi connectivity index (χ4v) is 6.30. The van der Waals surface area contributed by atoms with Crippen LogP contribution < -0.4 is 11.5 Å². The van der Waals surface area contributed by atoms with Crippen molar-refractivity contribution >= 4 is 29.1 Å². The van der Waals surface area contributed by atoms with Gasteiger partial charge in [-0.15, -0.1) is 10.2 Å². The van der Waals surface area contributed by atoms with Crippen molar-refractivity contribution in [3.05, 3.63) is 104 Å². The van der Waals surface area contributed by atoms with Crippen molar-refractivity contribution in [3.8, 4) is 34.4 Å². The van der Waals surface area contributed by atoms with Gasteiger partial charge in [0.05, 0.1) is 64.3 Å². The van der Waals surface area contributed by atoms with Crippen molar-refractivity contribution < 1.29 is 44.9 Å². The van der Waals surface area contributed by atoms with Crippen LogP contribution in [0.5, 0.6) is 0 Å². The van der Waals surface area contributed by atoms with E-state index in [1.54, 1.807) is 48.9 Å². The number of carbonyl (C=O) groups is 3. The maximum Gasteiger partial charge on any atom is 0.327 e. The molecule has 19 nitrogen and oxygen atoms in total. The number of aliphatic hydroxyl groups excluding tert-OH is 3. The standard InChI is InChI=1S/C16H22N4O3.C15H17N3O2.C12H15NO.C4H7N3O2.CH3F/c1-4-23-14(22)8-20-16(15(10(2)3)18-19-20)12-7-11(9-21)5-6-13(12)17;1-9(2)14-15-13-5-10(8-19)3-4-11(13)6-12(20)7-18(15)17-16-14;1-9(2)3-5-11-7-10(8-14)4-6-12(11)13;1-2-9-4(8)3-6-7-5;1-2/h5-7,10,21H,4,8-9,17H2,1-3H3;3-5,9,19H,6-8H2,1-2H3;4,6-7,9,14H,8,13H2,1-2H3;2-3H2,1H3;1H3/i;;;;1D. The molecule has 0 unspecified atom stereocenters. The van der Waals surface area contributed by atoms with Crippen molar-refractivity contribution in [2.75, 3.05) is 38.4 Å². The molecule has 0 aliphatic carbocycles. The van der Waals surface area contributed by atoms with Crippen LogP contribution in [0, 0.1) is 17.8 Å². The summed E-state index contributed by atoms with van der Waals surface area (Å²) in [5, 5.41) is 47.3. The molecule has 3 heterocycles. The highest BCUT2D eigenvalue weighted by Gasteiger charge is 2.26. The van der Waals surface area contributed by atoms with Crippen molar-refractivity contribution in [1.29, 1.82) is 0 Å². The van der Waals surface area contributed by atoms with Gasteiger partial charge in [0.2, 0.25) is 0 Å². The molecule has 6 rings (SSSR count). The quantitative estimate of drug-likeness (QED) is 0.0220. The van der Waals surface area contributed by atoms with Crippen LogP contribution in [0.1, 0.15) is 108 Å². The summed E-state index contributed by atoms with van der Waals surface area (Å²) in [5.41, 5.74) is 29.9. The van der Waals surface area contributed by atoms with Crippen LogP contribution in [0.15, 0.2) is 59.7 Å². The molecule has 0 saturated carbocycles. The highest BCUT2D eigenvalue weighted by molar-refractivity contribution is 5.86. The lowest BCUT2D eigenvalue weighted by Gasteiger charge is -2.13. The summed E-state index contributed by atoms with van der Waals surface area (Å²) in [4.78, 5) is 36.5. The number of hydrogen-bond donors (Lipinski definition) is 5. The number of anilines is 2. The summed E-state index contributed by atoms with van der Waals surface area (Å²) >= 11 is 0. The number of aliphatic hydroxyl groups is 3. The van der Waals surface area contributed by atoms with E-state index in [-0.39, 0.29) is 63.0 Å². The number of alkyl halides is 1. The first kappa shape index (κ1) is 55.2. The molecule has 2 aromatic heterocycles. The largest absolute Gasteiger partial charge is 0.466 e. The third-order valence-corrected chi connectivity index (χ3v) is 9.45. The molecule has 5 aromatic rings. The fraction of sp³-hybridized carbons (Fsp3) is 0.438. The second kappa shape index (κ2) is 29.5. The van der Waals surface area contributed by atoms with Crippen molar-refractivity contribution in [3.63, 3.8) is 0 Å². The number of nitrogens with zero attached hydrogens (tertiary/aromatic N) is 9. The van der Waals surface area contributed by atoms with E-state index in [9.17, 15) is 29.0 Å². The Hall–Kier alpha value is -7.17. The lowest BCUT2D eigenvalue weighted by atomic mass is 9.95. The molecule has 20 heteroatoms. The molecule has 1 aliphatic heterocycles. The molecule has 0 spiro atoms. The van der Waals surface area contributed by atoms with Crippen LogP contribution in [0.2, 0.25) is 0 Å². The summed E-state index contributed by atoms with van der Waals surface area (Å²) in [6, 6.07) is 16.4. The number of nitrogens with two attached hydrogens (primary N) is 2. The Balaban J connectivity index is 0.000000324. The van der Waals surface area contributed by atoms with Gasteiger partial charge in [-0.1, -0.05) is 93.2 Å². The van der Waals surface area contributed by atoms with Gasteiger partial charge in [0.1, 0.15) is 19.6 Å². The van der Waals surface area contributed by atoms with Gasteiger partial charge >= 0.3 is 11.9 Å². The molecular formula is C48H64FN11O8. The number of fused-ring (bicyclic) bond motifs is 3. The van der Waals surface area contributed by atoms with Crippen molar-refractivity contribution in [2.45, 2.75) is 107 Å². The van der Waals surface area contributed by atoms with Crippen LogP contribution in [-0.2, 0) is 63.2 Å². The molecule has 7 N–H and O–H groups in total. The van der Waals surface area contributed by atoms with Gasteiger partial charge in [0, 0.05) is 45.3 Å². The average Bonchev–Trinajstić information content (AvgIpc) is 3.90. The van der Waals surface area contributed by atoms with Crippen molar-refractivity contribution in [1.82, 2.24) is 30.0 Å². The summed E-state index contributed by atoms with van der Waals surface area (Å²) in [6.07, 6.45) is 0.405.